The van der Waals surface area contributed by atoms with Crippen LogP contribution in [-0.2, 0) is 7.05 Å². The van der Waals surface area contributed by atoms with Gasteiger partial charge in [-0.25, -0.2) is 4.39 Å². The molecule has 1 atom stereocenters. The number of aryl methyl sites for hydroxylation is 2. The van der Waals surface area contributed by atoms with Crippen molar-refractivity contribution in [2.75, 3.05) is 6.54 Å². The summed E-state index contributed by atoms with van der Waals surface area (Å²) in [5, 5.41) is 8.19. The first-order valence-electron chi connectivity index (χ1n) is 6.71. The van der Waals surface area contributed by atoms with Crippen molar-refractivity contribution in [2.45, 2.75) is 26.3 Å². The Labute approximate surface area is 123 Å². The maximum atomic E-state index is 13.6. The number of nitrogens with one attached hydrogen (secondary N) is 1. The lowest BCUT2D eigenvalue weighted by Gasteiger charge is -2.22. The van der Waals surface area contributed by atoms with E-state index in [0.29, 0.717) is 5.02 Å². The molecule has 1 aromatic carbocycles. The smallest absolute Gasteiger partial charge is 0.123 e. The van der Waals surface area contributed by atoms with Crippen LogP contribution < -0.4 is 5.32 Å². The topological polar surface area (TPSA) is 29.9 Å². The summed E-state index contributed by atoms with van der Waals surface area (Å²) in [6.45, 7) is 4.88. The highest BCUT2D eigenvalue weighted by Gasteiger charge is 2.22. The summed E-state index contributed by atoms with van der Waals surface area (Å²) in [5.41, 5.74) is 2.77. The van der Waals surface area contributed by atoms with Crippen molar-refractivity contribution in [3.8, 4) is 0 Å². The standard InChI is InChI=1S/C15H19ClFN3/c1-4-7-18-14(15-13(16)9-19-20(15)3)12-8-11(17)6-5-10(12)2/h5-6,8-9,14,18H,4,7H2,1-3H3. The van der Waals surface area contributed by atoms with Crippen LogP contribution in [0, 0.1) is 12.7 Å². The molecule has 108 valence electrons. The van der Waals surface area contributed by atoms with Gasteiger partial charge in [0.05, 0.1) is 23.0 Å². The second-order valence-corrected chi connectivity index (χ2v) is 5.30. The average Bonchev–Trinajstić information content (AvgIpc) is 2.74. The van der Waals surface area contributed by atoms with Gasteiger partial charge < -0.3 is 5.32 Å². The van der Waals surface area contributed by atoms with E-state index in [1.54, 1.807) is 23.0 Å². The Morgan fingerprint density at radius 3 is 2.80 bits per heavy atom. The van der Waals surface area contributed by atoms with Crippen LogP contribution >= 0.6 is 11.6 Å². The molecule has 0 aliphatic carbocycles. The van der Waals surface area contributed by atoms with Gasteiger partial charge in [-0.1, -0.05) is 24.6 Å². The van der Waals surface area contributed by atoms with E-state index in [1.807, 2.05) is 14.0 Å². The van der Waals surface area contributed by atoms with Crippen molar-refractivity contribution in [1.29, 1.82) is 0 Å². The van der Waals surface area contributed by atoms with E-state index >= 15 is 0 Å². The minimum atomic E-state index is -0.243. The normalized spacial score (nSPS) is 12.7. The summed E-state index contributed by atoms with van der Waals surface area (Å²) in [7, 11) is 1.84. The van der Waals surface area contributed by atoms with Crippen LogP contribution in [0.5, 0.6) is 0 Å². The molecule has 0 fully saturated rings. The van der Waals surface area contributed by atoms with Gasteiger partial charge in [0.15, 0.2) is 0 Å². The van der Waals surface area contributed by atoms with E-state index in [4.69, 9.17) is 11.6 Å². The monoisotopic (exact) mass is 295 g/mol. The van der Waals surface area contributed by atoms with Gasteiger partial charge in [0.2, 0.25) is 0 Å². The van der Waals surface area contributed by atoms with Crippen molar-refractivity contribution in [1.82, 2.24) is 15.1 Å². The number of hydrogen-bond donors (Lipinski definition) is 1. The quantitative estimate of drug-likeness (QED) is 0.913. The number of aromatic nitrogens is 2. The lowest BCUT2D eigenvalue weighted by Crippen LogP contribution is -2.26. The molecule has 0 saturated heterocycles. The summed E-state index contributed by atoms with van der Waals surface area (Å²) in [5.74, 6) is -0.243. The van der Waals surface area contributed by atoms with Crippen molar-refractivity contribution in [3.63, 3.8) is 0 Å². The van der Waals surface area contributed by atoms with E-state index < -0.39 is 0 Å². The summed E-state index contributed by atoms with van der Waals surface area (Å²) >= 11 is 6.24. The molecular formula is C15H19ClFN3. The predicted octanol–water partition coefficient (Wildman–Crippen LogP) is 3.61. The van der Waals surface area contributed by atoms with Gasteiger partial charge in [-0.15, -0.1) is 0 Å². The first kappa shape index (κ1) is 15.0. The highest BCUT2D eigenvalue weighted by atomic mass is 35.5. The largest absolute Gasteiger partial charge is 0.305 e. The Morgan fingerprint density at radius 2 is 2.20 bits per heavy atom. The van der Waals surface area contributed by atoms with Crippen LogP contribution in [-0.4, -0.2) is 16.3 Å². The molecule has 0 radical (unpaired) electrons. The zero-order valence-electron chi connectivity index (χ0n) is 12.0. The van der Waals surface area contributed by atoms with Gasteiger partial charge in [0, 0.05) is 7.05 Å². The van der Waals surface area contributed by atoms with Crippen LogP contribution in [0.25, 0.3) is 0 Å². The molecule has 0 saturated carbocycles. The average molecular weight is 296 g/mol. The van der Waals surface area contributed by atoms with Crippen molar-refractivity contribution in [2.24, 2.45) is 7.05 Å². The molecule has 5 heteroatoms. The van der Waals surface area contributed by atoms with Gasteiger partial charge >= 0.3 is 0 Å². The molecule has 0 bridgehead atoms. The van der Waals surface area contributed by atoms with Crippen LogP contribution in [0.1, 0.15) is 36.2 Å². The lowest BCUT2D eigenvalue weighted by atomic mass is 9.98. The third-order valence-electron chi connectivity index (χ3n) is 3.36. The number of benzene rings is 1. The minimum absolute atomic E-state index is 0.161. The molecule has 1 N–H and O–H groups in total. The summed E-state index contributed by atoms with van der Waals surface area (Å²) in [6, 6.07) is 4.66. The van der Waals surface area contributed by atoms with Crippen molar-refractivity contribution >= 4 is 11.6 Å². The minimum Gasteiger partial charge on any atom is -0.305 e. The fourth-order valence-electron chi connectivity index (χ4n) is 2.31. The zero-order chi connectivity index (χ0) is 14.7. The van der Waals surface area contributed by atoms with E-state index in [9.17, 15) is 4.39 Å². The van der Waals surface area contributed by atoms with Crippen LogP contribution in [0.2, 0.25) is 5.02 Å². The first-order chi connectivity index (χ1) is 9.54. The number of halogens is 2. The van der Waals surface area contributed by atoms with Crippen LogP contribution in [0.15, 0.2) is 24.4 Å². The Hall–Kier alpha value is -1.39. The Kier molecular flexibility index (Phi) is 4.78. The van der Waals surface area contributed by atoms with Gasteiger partial charge in [-0.2, -0.15) is 5.10 Å². The molecule has 0 amide bonds. The van der Waals surface area contributed by atoms with Gasteiger partial charge in [0.1, 0.15) is 5.82 Å². The maximum absolute atomic E-state index is 13.6. The molecule has 1 heterocycles. The van der Waals surface area contributed by atoms with Crippen molar-refractivity contribution < 1.29 is 4.39 Å². The van der Waals surface area contributed by atoms with E-state index in [-0.39, 0.29) is 11.9 Å². The first-order valence-corrected chi connectivity index (χ1v) is 7.09. The summed E-state index contributed by atoms with van der Waals surface area (Å²) in [6.07, 6.45) is 2.60. The van der Waals surface area contributed by atoms with E-state index in [1.165, 1.54) is 6.07 Å². The Morgan fingerprint density at radius 1 is 1.45 bits per heavy atom. The molecule has 1 unspecified atom stereocenters. The molecule has 20 heavy (non-hydrogen) atoms. The fraction of sp³-hybridized carbons (Fsp3) is 0.400. The van der Waals surface area contributed by atoms with Crippen molar-refractivity contribution in [3.05, 3.63) is 52.1 Å². The zero-order valence-corrected chi connectivity index (χ0v) is 12.7. The second-order valence-electron chi connectivity index (χ2n) is 4.89. The SMILES string of the molecule is CCCNC(c1cc(F)ccc1C)c1c(Cl)cnn1C. The van der Waals surface area contributed by atoms with Gasteiger partial charge in [0.25, 0.3) is 0 Å². The van der Waals surface area contributed by atoms with Crippen LogP contribution in [0.4, 0.5) is 4.39 Å². The third-order valence-corrected chi connectivity index (χ3v) is 3.65. The molecule has 0 aliphatic heterocycles. The number of hydrogen-bond acceptors (Lipinski definition) is 2. The lowest BCUT2D eigenvalue weighted by molar-refractivity contribution is 0.546. The third kappa shape index (κ3) is 3.02. The molecule has 2 aromatic rings. The second kappa shape index (κ2) is 6.37. The Bertz CT molecular complexity index is 575. The highest BCUT2D eigenvalue weighted by Crippen LogP contribution is 2.30. The Balaban J connectivity index is 2.50. The molecule has 3 nitrogen and oxygen atoms in total. The van der Waals surface area contributed by atoms with Gasteiger partial charge in [-0.3, -0.25) is 4.68 Å². The molecular weight excluding hydrogens is 277 g/mol. The molecule has 1 aromatic heterocycles. The molecule has 0 spiro atoms. The highest BCUT2D eigenvalue weighted by molar-refractivity contribution is 6.31. The molecule has 2 rings (SSSR count). The molecule has 0 aliphatic rings. The maximum Gasteiger partial charge on any atom is 0.123 e. The summed E-state index contributed by atoms with van der Waals surface area (Å²) < 4.78 is 15.3. The predicted molar refractivity (Wildman–Crippen MR) is 79.5 cm³/mol. The summed E-state index contributed by atoms with van der Waals surface area (Å²) in [4.78, 5) is 0. The number of nitrogens with zero attached hydrogens (tertiary/aromatic N) is 2. The van der Waals surface area contributed by atoms with E-state index in [2.05, 4.69) is 17.3 Å². The number of rotatable bonds is 5. The van der Waals surface area contributed by atoms with Crippen LogP contribution in [0.3, 0.4) is 0 Å². The van der Waals surface area contributed by atoms with Gasteiger partial charge in [-0.05, 0) is 43.1 Å². The van der Waals surface area contributed by atoms with E-state index in [0.717, 1.165) is 29.8 Å². The fourth-order valence-corrected chi connectivity index (χ4v) is 2.58.